The standard InChI is InChI=1S/C22H28N2O2/c1-5-19-13-9-10-16(2)22(19)24(18(4)25)15-14-21(26)23-17(3)20-11-7-6-8-12-20/h6-13,17H,5,14-15H2,1-4H3,(H,23,26). The number of amides is 2. The predicted molar refractivity (Wildman–Crippen MR) is 106 cm³/mol. The molecule has 0 fully saturated rings. The number of hydrogen-bond acceptors (Lipinski definition) is 2. The minimum atomic E-state index is -0.0563. The van der Waals surface area contributed by atoms with Crippen molar-refractivity contribution in [2.24, 2.45) is 0 Å². The molecule has 1 N–H and O–H groups in total. The van der Waals surface area contributed by atoms with E-state index in [0.29, 0.717) is 6.54 Å². The van der Waals surface area contributed by atoms with Crippen molar-refractivity contribution in [2.45, 2.75) is 46.6 Å². The van der Waals surface area contributed by atoms with Gasteiger partial charge in [0.1, 0.15) is 0 Å². The molecule has 2 rings (SSSR count). The lowest BCUT2D eigenvalue weighted by Crippen LogP contribution is -2.35. The van der Waals surface area contributed by atoms with Crippen LogP contribution < -0.4 is 10.2 Å². The third-order valence-electron chi connectivity index (χ3n) is 4.59. The molecule has 0 spiro atoms. The molecule has 4 heteroatoms. The van der Waals surface area contributed by atoms with Crippen LogP contribution >= 0.6 is 0 Å². The van der Waals surface area contributed by atoms with Gasteiger partial charge in [0.2, 0.25) is 11.8 Å². The minimum absolute atomic E-state index is 0.0436. The van der Waals surface area contributed by atoms with Gasteiger partial charge in [0.25, 0.3) is 0 Å². The highest BCUT2D eigenvalue weighted by Crippen LogP contribution is 2.26. The van der Waals surface area contributed by atoms with Crippen molar-refractivity contribution in [3.63, 3.8) is 0 Å². The molecule has 0 aliphatic rings. The van der Waals surface area contributed by atoms with E-state index in [0.717, 1.165) is 28.8 Å². The third-order valence-corrected chi connectivity index (χ3v) is 4.59. The topological polar surface area (TPSA) is 49.4 Å². The summed E-state index contributed by atoms with van der Waals surface area (Å²) in [5.41, 5.74) is 4.18. The van der Waals surface area contributed by atoms with Crippen molar-refractivity contribution in [1.82, 2.24) is 5.32 Å². The van der Waals surface area contributed by atoms with Crippen LogP contribution in [-0.2, 0) is 16.0 Å². The summed E-state index contributed by atoms with van der Waals surface area (Å²) in [5.74, 6) is -0.0999. The lowest BCUT2D eigenvalue weighted by Gasteiger charge is -2.26. The second-order valence-electron chi connectivity index (χ2n) is 6.56. The molecule has 26 heavy (non-hydrogen) atoms. The molecule has 0 heterocycles. The van der Waals surface area contributed by atoms with Gasteiger partial charge < -0.3 is 10.2 Å². The van der Waals surface area contributed by atoms with Gasteiger partial charge in [-0.1, -0.05) is 55.5 Å². The number of carbonyl (C=O) groups is 2. The lowest BCUT2D eigenvalue weighted by atomic mass is 10.0. The average Bonchev–Trinajstić information content (AvgIpc) is 2.63. The SMILES string of the molecule is CCc1cccc(C)c1N(CCC(=O)NC(C)c1ccccc1)C(C)=O. The summed E-state index contributed by atoms with van der Waals surface area (Å²) < 4.78 is 0. The Labute approximate surface area is 156 Å². The monoisotopic (exact) mass is 352 g/mol. The summed E-state index contributed by atoms with van der Waals surface area (Å²) in [6, 6.07) is 15.8. The molecule has 138 valence electrons. The van der Waals surface area contributed by atoms with Crippen molar-refractivity contribution in [3.8, 4) is 0 Å². The van der Waals surface area contributed by atoms with Crippen LogP contribution in [0, 0.1) is 6.92 Å². The van der Waals surface area contributed by atoms with Crippen LogP contribution in [0.1, 0.15) is 49.9 Å². The van der Waals surface area contributed by atoms with E-state index in [1.165, 1.54) is 0 Å². The molecule has 0 aromatic heterocycles. The number of benzene rings is 2. The molecule has 0 bridgehead atoms. The summed E-state index contributed by atoms with van der Waals surface area (Å²) in [4.78, 5) is 26.3. The molecule has 1 unspecified atom stereocenters. The molecule has 2 amide bonds. The number of nitrogens with one attached hydrogen (secondary N) is 1. The highest BCUT2D eigenvalue weighted by molar-refractivity contribution is 5.94. The molecular formula is C22H28N2O2. The predicted octanol–water partition coefficient (Wildman–Crippen LogP) is 4.18. The van der Waals surface area contributed by atoms with Gasteiger partial charge in [-0.05, 0) is 37.0 Å². The normalized spacial score (nSPS) is 11.7. The van der Waals surface area contributed by atoms with Crippen LogP contribution in [-0.4, -0.2) is 18.4 Å². The number of aryl methyl sites for hydroxylation is 2. The highest BCUT2D eigenvalue weighted by atomic mass is 16.2. The van der Waals surface area contributed by atoms with Crippen LogP contribution in [0.3, 0.4) is 0 Å². The zero-order valence-corrected chi connectivity index (χ0v) is 16.1. The van der Waals surface area contributed by atoms with Gasteiger partial charge in [0.05, 0.1) is 6.04 Å². The van der Waals surface area contributed by atoms with E-state index < -0.39 is 0 Å². The molecule has 0 saturated carbocycles. The van der Waals surface area contributed by atoms with E-state index in [1.54, 1.807) is 11.8 Å². The maximum absolute atomic E-state index is 12.4. The Morgan fingerprint density at radius 1 is 1.08 bits per heavy atom. The number of para-hydroxylation sites is 1. The van der Waals surface area contributed by atoms with Gasteiger partial charge in [-0.3, -0.25) is 9.59 Å². The second kappa shape index (κ2) is 9.18. The van der Waals surface area contributed by atoms with E-state index >= 15 is 0 Å². The minimum Gasteiger partial charge on any atom is -0.350 e. The Morgan fingerprint density at radius 2 is 1.77 bits per heavy atom. The first kappa shape index (κ1) is 19.7. The fraction of sp³-hybridized carbons (Fsp3) is 0.364. The summed E-state index contributed by atoms with van der Waals surface area (Å²) >= 11 is 0. The molecule has 0 saturated heterocycles. The molecule has 2 aromatic rings. The van der Waals surface area contributed by atoms with Crippen LogP contribution in [0.2, 0.25) is 0 Å². The van der Waals surface area contributed by atoms with E-state index in [1.807, 2.05) is 62.4 Å². The first-order valence-electron chi connectivity index (χ1n) is 9.15. The number of rotatable bonds is 7. The van der Waals surface area contributed by atoms with E-state index in [4.69, 9.17) is 0 Å². The Bertz CT molecular complexity index is 756. The largest absolute Gasteiger partial charge is 0.350 e. The van der Waals surface area contributed by atoms with Crippen molar-refractivity contribution >= 4 is 17.5 Å². The summed E-state index contributed by atoms with van der Waals surface area (Å²) in [5, 5.41) is 3.01. The summed E-state index contributed by atoms with van der Waals surface area (Å²) in [7, 11) is 0. The van der Waals surface area contributed by atoms with Crippen LogP contribution in [0.25, 0.3) is 0 Å². The van der Waals surface area contributed by atoms with Crippen LogP contribution in [0.15, 0.2) is 48.5 Å². The van der Waals surface area contributed by atoms with E-state index in [9.17, 15) is 9.59 Å². The van der Waals surface area contributed by atoms with Crippen molar-refractivity contribution in [2.75, 3.05) is 11.4 Å². The van der Waals surface area contributed by atoms with E-state index in [2.05, 4.69) is 12.2 Å². The van der Waals surface area contributed by atoms with Crippen LogP contribution in [0.5, 0.6) is 0 Å². The molecule has 0 radical (unpaired) electrons. The molecular weight excluding hydrogens is 324 g/mol. The number of carbonyl (C=O) groups excluding carboxylic acids is 2. The van der Waals surface area contributed by atoms with Gasteiger partial charge in [0, 0.05) is 25.6 Å². The average molecular weight is 352 g/mol. The van der Waals surface area contributed by atoms with Gasteiger partial charge in [-0.2, -0.15) is 0 Å². The zero-order chi connectivity index (χ0) is 19.1. The number of hydrogen-bond donors (Lipinski definition) is 1. The van der Waals surface area contributed by atoms with Crippen molar-refractivity contribution in [3.05, 3.63) is 65.2 Å². The lowest BCUT2D eigenvalue weighted by molar-refractivity contribution is -0.121. The fourth-order valence-electron chi connectivity index (χ4n) is 3.17. The Morgan fingerprint density at radius 3 is 2.38 bits per heavy atom. The zero-order valence-electron chi connectivity index (χ0n) is 16.1. The van der Waals surface area contributed by atoms with Crippen molar-refractivity contribution < 1.29 is 9.59 Å². The van der Waals surface area contributed by atoms with Crippen LogP contribution in [0.4, 0.5) is 5.69 Å². The molecule has 2 aromatic carbocycles. The van der Waals surface area contributed by atoms with E-state index in [-0.39, 0.29) is 24.3 Å². The smallest absolute Gasteiger partial charge is 0.223 e. The van der Waals surface area contributed by atoms with Gasteiger partial charge >= 0.3 is 0 Å². The first-order valence-corrected chi connectivity index (χ1v) is 9.15. The van der Waals surface area contributed by atoms with Crippen molar-refractivity contribution in [1.29, 1.82) is 0 Å². The Kier molecular flexibility index (Phi) is 6.96. The Balaban J connectivity index is 2.05. The number of anilines is 1. The Hall–Kier alpha value is -2.62. The van der Waals surface area contributed by atoms with Gasteiger partial charge in [-0.15, -0.1) is 0 Å². The van der Waals surface area contributed by atoms with Gasteiger partial charge in [0.15, 0.2) is 0 Å². The molecule has 4 nitrogen and oxygen atoms in total. The summed E-state index contributed by atoms with van der Waals surface area (Å²) in [6.07, 6.45) is 1.12. The first-order chi connectivity index (χ1) is 12.4. The van der Waals surface area contributed by atoms with Gasteiger partial charge in [-0.25, -0.2) is 0 Å². The third kappa shape index (κ3) is 4.94. The molecule has 0 aliphatic heterocycles. The maximum Gasteiger partial charge on any atom is 0.223 e. The highest BCUT2D eigenvalue weighted by Gasteiger charge is 2.18. The molecule has 0 aliphatic carbocycles. The maximum atomic E-state index is 12.4. The quantitative estimate of drug-likeness (QED) is 0.813. The number of nitrogens with zero attached hydrogens (tertiary/aromatic N) is 1. The second-order valence-corrected chi connectivity index (χ2v) is 6.56. The molecule has 1 atom stereocenters. The summed E-state index contributed by atoms with van der Waals surface area (Å²) in [6.45, 7) is 7.97. The fourth-order valence-corrected chi connectivity index (χ4v) is 3.17.